The van der Waals surface area contributed by atoms with E-state index in [2.05, 4.69) is 42.1 Å². The zero-order valence-electron chi connectivity index (χ0n) is 19.2. The van der Waals surface area contributed by atoms with Crippen LogP contribution in [0, 0.1) is 16.0 Å². The third-order valence-electron chi connectivity index (χ3n) is 5.73. The van der Waals surface area contributed by atoms with Gasteiger partial charge in [-0.25, -0.2) is 8.42 Å². The van der Waals surface area contributed by atoms with Crippen LogP contribution in [0.15, 0.2) is 48.4 Å². The van der Waals surface area contributed by atoms with E-state index in [1.54, 1.807) is 0 Å². The molecule has 1 saturated heterocycles. The summed E-state index contributed by atoms with van der Waals surface area (Å²) in [6.07, 6.45) is 3.64. The molecule has 0 saturated carbocycles. The van der Waals surface area contributed by atoms with Gasteiger partial charge in [-0.3, -0.25) is 15.0 Å². The minimum Gasteiger partial charge on any atom is -0.378 e. The van der Waals surface area contributed by atoms with E-state index < -0.39 is 14.9 Å². The van der Waals surface area contributed by atoms with Crippen LogP contribution in [-0.4, -0.2) is 86.3 Å². The van der Waals surface area contributed by atoms with E-state index in [4.69, 9.17) is 0 Å². The number of piperazine rings is 1. The van der Waals surface area contributed by atoms with E-state index in [1.807, 2.05) is 19.2 Å². The molecule has 0 amide bonds. The number of anilines is 1. The molecular formula is C22H35N5O4S. The van der Waals surface area contributed by atoms with E-state index in [9.17, 15) is 18.5 Å². The van der Waals surface area contributed by atoms with Crippen molar-refractivity contribution in [3.63, 3.8) is 0 Å². The average molecular weight is 466 g/mol. The van der Waals surface area contributed by atoms with Gasteiger partial charge in [-0.1, -0.05) is 26.0 Å². The SMILES string of the molecule is C=CCN(CC=C)C(CNc1ccc(S(=O)(=O)N2CCN(C)CC2)cc1[N+](=O)[O-])C(C)C. The number of hydrogen-bond acceptors (Lipinski definition) is 7. The van der Waals surface area contributed by atoms with Crippen LogP contribution in [0.4, 0.5) is 11.4 Å². The van der Waals surface area contributed by atoms with Crippen molar-refractivity contribution in [2.75, 3.05) is 58.2 Å². The molecule has 1 fully saturated rings. The number of rotatable bonds is 12. The molecule has 1 aromatic rings. The standard InChI is InChI=1S/C22H35N5O4S/c1-6-10-25(11-7-2)22(18(3)4)17-23-20-9-8-19(16-21(20)27(28)29)32(30,31)26-14-12-24(5)13-15-26/h6-9,16,18,22-23H,1-2,10-15,17H2,3-5H3. The van der Waals surface area contributed by atoms with Gasteiger partial charge in [0.15, 0.2) is 0 Å². The molecule has 10 heteroatoms. The maximum Gasteiger partial charge on any atom is 0.293 e. The Balaban J connectivity index is 2.26. The highest BCUT2D eigenvalue weighted by Gasteiger charge is 2.30. The van der Waals surface area contributed by atoms with E-state index in [0.717, 1.165) is 6.07 Å². The summed E-state index contributed by atoms with van der Waals surface area (Å²) in [7, 11) is -1.85. The molecule has 1 N–H and O–H groups in total. The highest BCUT2D eigenvalue weighted by atomic mass is 32.2. The smallest absolute Gasteiger partial charge is 0.293 e. The zero-order valence-corrected chi connectivity index (χ0v) is 20.1. The van der Waals surface area contributed by atoms with Crippen molar-refractivity contribution in [2.45, 2.75) is 24.8 Å². The van der Waals surface area contributed by atoms with Gasteiger partial charge in [-0.15, -0.1) is 13.2 Å². The molecule has 1 unspecified atom stereocenters. The van der Waals surface area contributed by atoms with Crippen LogP contribution in [0.2, 0.25) is 0 Å². The van der Waals surface area contributed by atoms with Crippen molar-refractivity contribution in [2.24, 2.45) is 5.92 Å². The van der Waals surface area contributed by atoms with Crippen LogP contribution in [-0.2, 0) is 10.0 Å². The van der Waals surface area contributed by atoms with Gasteiger partial charge in [0.05, 0.1) is 9.82 Å². The number of nitro groups is 1. The molecular weight excluding hydrogens is 430 g/mol. The summed E-state index contributed by atoms with van der Waals surface area (Å²) in [6, 6.07) is 4.17. The molecule has 0 radical (unpaired) electrons. The molecule has 1 aliphatic rings. The summed E-state index contributed by atoms with van der Waals surface area (Å²) >= 11 is 0. The Morgan fingerprint density at radius 1 is 1.19 bits per heavy atom. The highest BCUT2D eigenvalue weighted by molar-refractivity contribution is 7.89. The Kier molecular flexibility index (Phi) is 9.38. The number of nitro benzene ring substituents is 1. The second-order valence-electron chi connectivity index (χ2n) is 8.37. The van der Waals surface area contributed by atoms with Crippen molar-refractivity contribution in [3.8, 4) is 0 Å². The van der Waals surface area contributed by atoms with Crippen LogP contribution < -0.4 is 5.32 Å². The van der Waals surface area contributed by atoms with Crippen LogP contribution in [0.1, 0.15) is 13.8 Å². The van der Waals surface area contributed by atoms with Crippen LogP contribution in [0.3, 0.4) is 0 Å². The number of sulfonamides is 1. The monoisotopic (exact) mass is 465 g/mol. The second-order valence-corrected chi connectivity index (χ2v) is 10.3. The zero-order chi connectivity index (χ0) is 23.9. The Bertz CT molecular complexity index is 901. The van der Waals surface area contributed by atoms with Gasteiger partial charge in [0.1, 0.15) is 5.69 Å². The second kappa shape index (κ2) is 11.6. The summed E-state index contributed by atoms with van der Waals surface area (Å²) in [6.45, 7) is 15.6. The normalized spacial score (nSPS) is 16.8. The van der Waals surface area contributed by atoms with Crippen molar-refractivity contribution >= 4 is 21.4 Å². The molecule has 0 aliphatic carbocycles. The van der Waals surface area contributed by atoms with E-state index in [1.165, 1.54) is 16.4 Å². The van der Waals surface area contributed by atoms with Crippen molar-refractivity contribution < 1.29 is 13.3 Å². The molecule has 1 heterocycles. The van der Waals surface area contributed by atoms with Gasteiger partial charge in [0.2, 0.25) is 10.0 Å². The molecule has 178 valence electrons. The largest absolute Gasteiger partial charge is 0.378 e. The van der Waals surface area contributed by atoms with Gasteiger partial charge >= 0.3 is 0 Å². The number of likely N-dealkylation sites (N-methyl/N-ethyl adjacent to an activating group) is 1. The number of benzene rings is 1. The number of nitrogens with zero attached hydrogens (tertiary/aromatic N) is 4. The van der Waals surface area contributed by atoms with Gasteiger partial charge in [-0.05, 0) is 25.1 Å². The van der Waals surface area contributed by atoms with Crippen LogP contribution in [0.5, 0.6) is 0 Å². The summed E-state index contributed by atoms with van der Waals surface area (Å²) in [4.78, 5) is 15.4. The minimum atomic E-state index is -3.79. The maximum atomic E-state index is 13.0. The molecule has 2 rings (SSSR count). The first-order valence-electron chi connectivity index (χ1n) is 10.8. The Morgan fingerprint density at radius 3 is 2.28 bits per heavy atom. The predicted molar refractivity (Wildman–Crippen MR) is 128 cm³/mol. The summed E-state index contributed by atoms with van der Waals surface area (Å²) in [5.41, 5.74) is 0.0526. The van der Waals surface area contributed by atoms with Crippen molar-refractivity contribution in [1.29, 1.82) is 0 Å². The molecule has 0 spiro atoms. The summed E-state index contributed by atoms with van der Waals surface area (Å²) in [5, 5.41) is 14.9. The topological polar surface area (TPSA) is 99.0 Å². The molecule has 1 aliphatic heterocycles. The van der Waals surface area contributed by atoms with Gasteiger partial charge < -0.3 is 10.2 Å². The molecule has 0 bridgehead atoms. The first-order chi connectivity index (χ1) is 15.1. The third kappa shape index (κ3) is 6.38. The average Bonchev–Trinajstić information content (AvgIpc) is 2.74. The third-order valence-corrected chi connectivity index (χ3v) is 7.63. The Morgan fingerprint density at radius 2 is 1.78 bits per heavy atom. The summed E-state index contributed by atoms with van der Waals surface area (Å²) < 4.78 is 27.4. The highest BCUT2D eigenvalue weighted by Crippen LogP contribution is 2.30. The van der Waals surface area contributed by atoms with Crippen LogP contribution >= 0.6 is 0 Å². The first kappa shape index (κ1) is 26.0. The lowest BCUT2D eigenvalue weighted by Gasteiger charge is -2.33. The van der Waals surface area contributed by atoms with Crippen LogP contribution in [0.25, 0.3) is 0 Å². The lowest BCUT2D eigenvalue weighted by atomic mass is 10.0. The maximum absolute atomic E-state index is 13.0. The first-order valence-corrected chi connectivity index (χ1v) is 12.2. The fourth-order valence-electron chi connectivity index (χ4n) is 3.83. The van der Waals surface area contributed by atoms with Gasteiger partial charge in [0, 0.05) is 57.9 Å². The lowest BCUT2D eigenvalue weighted by molar-refractivity contribution is -0.384. The minimum absolute atomic E-state index is 0.0559. The summed E-state index contributed by atoms with van der Waals surface area (Å²) in [5.74, 6) is 0.276. The van der Waals surface area contributed by atoms with E-state index in [0.29, 0.717) is 51.5 Å². The van der Waals surface area contributed by atoms with E-state index in [-0.39, 0.29) is 22.5 Å². The van der Waals surface area contributed by atoms with E-state index >= 15 is 0 Å². The van der Waals surface area contributed by atoms with Crippen molar-refractivity contribution in [1.82, 2.24) is 14.1 Å². The number of nitrogens with one attached hydrogen (secondary N) is 1. The van der Waals surface area contributed by atoms with Gasteiger partial charge in [-0.2, -0.15) is 4.31 Å². The molecule has 9 nitrogen and oxygen atoms in total. The fraction of sp³-hybridized carbons (Fsp3) is 0.545. The molecule has 1 aromatic carbocycles. The molecule has 32 heavy (non-hydrogen) atoms. The number of hydrogen-bond donors (Lipinski definition) is 1. The molecule has 1 atom stereocenters. The predicted octanol–water partition coefficient (Wildman–Crippen LogP) is 2.64. The fourth-order valence-corrected chi connectivity index (χ4v) is 5.27. The van der Waals surface area contributed by atoms with Crippen molar-refractivity contribution in [3.05, 3.63) is 53.6 Å². The molecule has 0 aromatic heterocycles. The van der Waals surface area contributed by atoms with Gasteiger partial charge in [0.25, 0.3) is 5.69 Å². The lowest BCUT2D eigenvalue weighted by Crippen LogP contribution is -2.47. The Hall–Kier alpha value is -2.27. The quantitative estimate of drug-likeness (QED) is 0.288. The Labute approximate surface area is 191 Å².